The van der Waals surface area contributed by atoms with E-state index in [0.717, 1.165) is 24.7 Å². The molecule has 1 fully saturated rings. The van der Waals surface area contributed by atoms with Crippen molar-refractivity contribution in [3.05, 3.63) is 0 Å². The van der Waals surface area contributed by atoms with Crippen LogP contribution < -0.4 is 0 Å². The summed E-state index contributed by atoms with van der Waals surface area (Å²) < 4.78 is 0. The highest BCUT2D eigenvalue weighted by Crippen LogP contribution is 2.34. The molecular weight excluding hydrogens is 164 g/mol. The largest absolute Gasteiger partial charge is 0.481 e. The third-order valence-corrected chi connectivity index (χ3v) is 3.30. The van der Waals surface area contributed by atoms with Crippen LogP contribution in [0.15, 0.2) is 0 Å². The second-order valence-corrected chi connectivity index (χ2v) is 4.62. The van der Waals surface area contributed by atoms with Gasteiger partial charge in [0, 0.05) is 6.42 Å². The lowest BCUT2D eigenvalue weighted by atomic mass is 9.76. The third-order valence-electron chi connectivity index (χ3n) is 3.30. The van der Waals surface area contributed by atoms with Gasteiger partial charge in [0.25, 0.3) is 0 Å². The van der Waals surface area contributed by atoms with Gasteiger partial charge >= 0.3 is 5.97 Å². The first-order chi connectivity index (χ1) is 6.09. The van der Waals surface area contributed by atoms with Crippen molar-refractivity contribution in [2.45, 2.75) is 46.0 Å². The molecule has 0 saturated heterocycles. The van der Waals surface area contributed by atoms with Crippen LogP contribution in [0.2, 0.25) is 0 Å². The van der Waals surface area contributed by atoms with Crippen LogP contribution in [-0.2, 0) is 4.79 Å². The highest BCUT2D eigenvalue weighted by Gasteiger charge is 2.24. The van der Waals surface area contributed by atoms with Crippen LogP contribution in [0.25, 0.3) is 0 Å². The fourth-order valence-electron chi connectivity index (χ4n) is 2.31. The Balaban J connectivity index is 2.26. The lowest BCUT2D eigenvalue weighted by Crippen LogP contribution is -2.20. The number of carboxylic acids is 1. The van der Waals surface area contributed by atoms with E-state index in [1.165, 1.54) is 12.8 Å². The van der Waals surface area contributed by atoms with Crippen molar-refractivity contribution in [1.29, 1.82) is 0 Å². The molecule has 0 amide bonds. The lowest BCUT2D eigenvalue weighted by Gasteiger charge is -2.29. The van der Waals surface area contributed by atoms with Crippen molar-refractivity contribution in [2.24, 2.45) is 17.8 Å². The van der Waals surface area contributed by atoms with Gasteiger partial charge < -0.3 is 5.11 Å². The highest BCUT2D eigenvalue weighted by molar-refractivity contribution is 5.67. The van der Waals surface area contributed by atoms with Gasteiger partial charge in [-0.25, -0.2) is 0 Å². The van der Waals surface area contributed by atoms with Crippen LogP contribution in [-0.4, -0.2) is 11.1 Å². The summed E-state index contributed by atoms with van der Waals surface area (Å²) in [5.74, 6) is 1.43. The molecule has 1 aliphatic carbocycles. The molecule has 76 valence electrons. The molecule has 1 rings (SSSR count). The van der Waals surface area contributed by atoms with Gasteiger partial charge in [-0.1, -0.05) is 13.8 Å². The van der Waals surface area contributed by atoms with Crippen molar-refractivity contribution in [3.8, 4) is 0 Å². The molecule has 0 unspecified atom stereocenters. The number of rotatable bonds is 3. The molecule has 2 nitrogen and oxygen atoms in total. The van der Waals surface area contributed by atoms with Gasteiger partial charge in [-0.15, -0.1) is 0 Å². The van der Waals surface area contributed by atoms with Crippen molar-refractivity contribution in [1.82, 2.24) is 0 Å². The van der Waals surface area contributed by atoms with Crippen LogP contribution in [0.5, 0.6) is 0 Å². The van der Waals surface area contributed by atoms with E-state index in [2.05, 4.69) is 13.8 Å². The number of hydrogen-bond acceptors (Lipinski definition) is 1. The van der Waals surface area contributed by atoms with Gasteiger partial charge in [0.15, 0.2) is 0 Å². The van der Waals surface area contributed by atoms with Crippen LogP contribution in [0, 0.1) is 17.8 Å². The molecule has 0 aromatic carbocycles. The molecule has 1 N–H and O–H groups in total. The minimum atomic E-state index is -0.631. The maximum absolute atomic E-state index is 10.5. The van der Waals surface area contributed by atoms with E-state index < -0.39 is 5.97 Å². The van der Waals surface area contributed by atoms with Gasteiger partial charge in [-0.2, -0.15) is 0 Å². The quantitative estimate of drug-likeness (QED) is 0.732. The Kier molecular flexibility index (Phi) is 3.76. The van der Waals surface area contributed by atoms with E-state index in [1.54, 1.807) is 0 Å². The third kappa shape index (κ3) is 3.37. The highest BCUT2D eigenvalue weighted by atomic mass is 16.4. The Morgan fingerprint density at radius 2 is 1.85 bits per heavy atom. The average molecular weight is 184 g/mol. The van der Waals surface area contributed by atoms with Gasteiger partial charge in [-0.05, 0) is 43.4 Å². The Labute approximate surface area is 80.3 Å². The summed E-state index contributed by atoms with van der Waals surface area (Å²) in [5.41, 5.74) is 0. The summed E-state index contributed by atoms with van der Waals surface area (Å²) in [6.07, 6.45) is 5.08. The SMILES string of the molecule is CC(C)[C@H]1CC[C@H](CC(=O)O)CC1. The molecule has 0 atom stereocenters. The summed E-state index contributed by atoms with van der Waals surface area (Å²) >= 11 is 0. The molecule has 0 bridgehead atoms. The molecule has 13 heavy (non-hydrogen) atoms. The zero-order valence-corrected chi connectivity index (χ0v) is 8.62. The molecule has 0 aliphatic heterocycles. The minimum Gasteiger partial charge on any atom is -0.481 e. The van der Waals surface area contributed by atoms with Crippen molar-refractivity contribution >= 4 is 5.97 Å². The number of aliphatic carboxylic acids is 1. The second kappa shape index (κ2) is 4.64. The lowest BCUT2D eigenvalue weighted by molar-refractivity contribution is -0.138. The Bertz CT molecular complexity index is 167. The first-order valence-corrected chi connectivity index (χ1v) is 5.31. The van der Waals surface area contributed by atoms with Crippen LogP contribution in [0.1, 0.15) is 46.0 Å². The van der Waals surface area contributed by atoms with Gasteiger partial charge in [-0.3, -0.25) is 4.79 Å². The molecule has 0 radical (unpaired) electrons. The molecule has 0 aromatic heterocycles. The molecule has 0 aromatic rings. The van der Waals surface area contributed by atoms with E-state index in [4.69, 9.17) is 5.11 Å². The Hall–Kier alpha value is -0.530. The fourth-order valence-corrected chi connectivity index (χ4v) is 2.31. The maximum atomic E-state index is 10.5. The van der Waals surface area contributed by atoms with E-state index >= 15 is 0 Å². The van der Waals surface area contributed by atoms with E-state index in [1.807, 2.05) is 0 Å². The maximum Gasteiger partial charge on any atom is 0.303 e. The normalized spacial score (nSPS) is 29.2. The first kappa shape index (κ1) is 10.6. The molecule has 1 aliphatic rings. The van der Waals surface area contributed by atoms with Gasteiger partial charge in [0.2, 0.25) is 0 Å². The average Bonchev–Trinajstić information content (AvgIpc) is 2.04. The first-order valence-electron chi connectivity index (χ1n) is 5.31. The fraction of sp³-hybridized carbons (Fsp3) is 0.909. The van der Waals surface area contributed by atoms with Crippen LogP contribution in [0.4, 0.5) is 0 Å². The smallest absolute Gasteiger partial charge is 0.303 e. The van der Waals surface area contributed by atoms with Crippen LogP contribution >= 0.6 is 0 Å². The summed E-state index contributed by atoms with van der Waals surface area (Å²) in [6, 6.07) is 0. The van der Waals surface area contributed by atoms with E-state index in [-0.39, 0.29) is 0 Å². The van der Waals surface area contributed by atoms with Gasteiger partial charge in [0.1, 0.15) is 0 Å². The summed E-state index contributed by atoms with van der Waals surface area (Å²) in [5, 5.41) is 8.64. The van der Waals surface area contributed by atoms with Crippen LogP contribution in [0.3, 0.4) is 0 Å². The Morgan fingerprint density at radius 3 is 2.23 bits per heavy atom. The summed E-state index contributed by atoms with van der Waals surface area (Å²) in [7, 11) is 0. The standard InChI is InChI=1S/C11H20O2/c1-8(2)10-5-3-9(4-6-10)7-11(12)13/h8-10H,3-7H2,1-2H3,(H,12,13)/t9-,10-. The number of hydrogen-bond donors (Lipinski definition) is 1. The number of carboxylic acid groups (broad SMARTS) is 1. The van der Waals surface area contributed by atoms with Crippen molar-refractivity contribution in [3.63, 3.8) is 0 Å². The zero-order chi connectivity index (χ0) is 9.84. The topological polar surface area (TPSA) is 37.3 Å². The summed E-state index contributed by atoms with van der Waals surface area (Å²) in [4.78, 5) is 10.5. The molecule has 0 heterocycles. The van der Waals surface area contributed by atoms with Gasteiger partial charge in [0.05, 0.1) is 0 Å². The van der Waals surface area contributed by atoms with E-state index in [9.17, 15) is 4.79 Å². The summed E-state index contributed by atoms with van der Waals surface area (Å²) in [6.45, 7) is 4.53. The molecule has 1 saturated carbocycles. The minimum absolute atomic E-state index is 0.380. The molecule has 0 spiro atoms. The zero-order valence-electron chi connectivity index (χ0n) is 8.62. The predicted octanol–water partition coefficient (Wildman–Crippen LogP) is 2.92. The monoisotopic (exact) mass is 184 g/mol. The number of carbonyl (C=O) groups is 1. The van der Waals surface area contributed by atoms with E-state index in [0.29, 0.717) is 12.3 Å². The second-order valence-electron chi connectivity index (χ2n) is 4.62. The van der Waals surface area contributed by atoms with Crippen molar-refractivity contribution < 1.29 is 9.90 Å². The van der Waals surface area contributed by atoms with Crippen molar-refractivity contribution in [2.75, 3.05) is 0 Å². The Morgan fingerprint density at radius 1 is 1.31 bits per heavy atom. The molecular formula is C11H20O2. The predicted molar refractivity (Wildman–Crippen MR) is 52.5 cm³/mol. The molecule has 2 heteroatoms.